The second-order valence-electron chi connectivity index (χ2n) is 6.39. The molecule has 5 nitrogen and oxygen atoms in total. The van der Waals surface area contributed by atoms with E-state index in [-0.39, 0.29) is 24.3 Å². The zero-order valence-corrected chi connectivity index (χ0v) is 14.4. The Morgan fingerprint density at radius 2 is 2.18 bits per heavy atom. The number of aryl methyl sites for hydroxylation is 1. The number of carbonyl (C=O) groups is 2. The number of carbonyl (C=O) groups excluding carboxylic acids is 2. The molecule has 1 aromatic rings. The van der Waals surface area contributed by atoms with Crippen LogP contribution in [0.2, 0.25) is 0 Å². The van der Waals surface area contributed by atoms with Gasteiger partial charge in [-0.1, -0.05) is 20.3 Å². The molecule has 1 heterocycles. The minimum absolute atomic E-state index is 0.126. The van der Waals surface area contributed by atoms with Gasteiger partial charge in [-0.15, -0.1) is 11.3 Å². The maximum absolute atomic E-state index is 12.5. The summed E-state index contributed by atoms with van der Waals surface area (Å²) in [5.74, 6) is 0.617. The summed E-state index contributed by atoms with van der Waals surface area (Å²) < 4.78 is 0. The molecule has 0 bridgehead atoms. The van der Waals surface area contributed by atoms with Crippen LogP contribution in [0.5, 0.6) is 0 Å². The van der Waals surface area contributed by atoms with Crippen LogP contribution in [0.15, 0.2) is 6.20 Å². The van der Waals surface area contributed by atoms with Gasteiger partial charge < -0.3 is 10.2 Å². The zero-order valence-electron chi connectivity index (χ0n) is 13.6. The normalized spacial score (nSPS) is 14.7. The van der Waals surface area contributed by atoms with Gasteiger partial charge in [0.2, 0.25) is 11.8 Å². The predicted molar refractivity (Wildman–Crippen MR) is 88.9 cm³/mol. The fourth-order valence-corrected chi connectivity index (χ4v) is 3.02. The standard InChI is InChI=1S/C16H25N3O2S/c1-11(2)7-8-19(15(21)13-5-4-6-13)10-14(20)18-16-17-9-12(3)22-16/h9,11,13H,4-8,10H2,1-3H3,(H,17,18,20). The molecule has 0 atom stereocenters. The van der Waals surface area contributed by atoms with Gasteiger partial charge in [0.25, 0.3) is 0 Å². The van der Waals surface area contributed by atoms with E-state index in [9.17, 15) is 9.59 Å². The molecule has 1 saturated carbocycles. The fraction of sp³-hybridized carbons (Fsp3) is 0.688. The number of rotatable bonds is 7. The molecule has 1 aliphatic carbocycles. The summed E-state index contributed by atoms with van der Waals surface area (Å²) in [7, 11) is 0. The predicted octanol–water partition coefficient (Wildman–Crippen LogP) is 3.06. The second-order valence-corrected chi connectivity index (χ2v) is 7.63. The SMILES string of the molecule is Cc1cnc(NC(=O)CN(CCC(C)C)C(=O)C2CCC2)s1. The molecule has 2 amide bonds. The van der Waals surface area contributed by atoms with E-state index in [0.29, 0.717) is 17.6 Å². The summed E-state index contributed by atoms with van der Waals surface area (Å²) in [4.78, 5) is 31.5. The highest BCUT2D eigenvalue weighted by Crippen LogP contribution is 2.28. The first-order chi connectivity index (χ1) is 10.5. The van der Waals surface area contributed by atoms with Crippen LogP contribution >= 0.6 is 11.3 Å². The molecule has 0 aliphatic heterocycles. The monoisotopic (exact) mass is 323 g/mol. The first-order valence-corrected chi connectivity index (χ1v) is 8.78. The van der Waals surface area contributed by atoms with Crippen LogP contribution in [0.1, 0.15) is 44.4 Å². The van der Waals surface area contributed by atoms with E-state index in [1.165, 1.54) is 11.3 Å². The number of amides is 2. The van der Waals surface area contributed by atoms with Gasteiger partial charge in [0.05, 0.1) is 6.54 Å². The smallest absolute Gasteiger partial charge is 0.245 e. The Morgan fingerprint density at radius 1 is 1.45 bits per heavy atom. The summed E-state index contributed by atoms with van der Waals surface area (Å²) in [6.07, 6.45) is 5.70. The van der Waals surface area contributed by atoms with Crippen LogP contribution in [0.25, 0.3) is 0 Å². The maximum Gasteiger partial charge on any atom is 0.245 e. The minimum Gasteiger partial charge on any atom is -0.333 e. The quantitative estimate of drug-likeness (QED) is 0.839. The Hall–Kier alpha value is -1.43. The van der Waals surface area contributed by atoms with Crippen LogP contribution in [-0.2, 0) is 9.59 Å². The number of nitrogens with zero attached hydrogens (tertiary/aromatic N) is 2. The molecule has 0 spiro atoms. The number of hydrogen-bond acceptors (Lipinski definition) is 4. The lowest BCUT2D eigenvalue weighted by atomic mass is 9.84. The largest absolute Gasteiger partial charge is 0.333 e. The van der Waals surface area contributed by atoms with E-state index in [1.54, 1.807) is 11.1 Å². The van der Waals surface area contributed by atoms with Crippen molar-refractivity contribution < 1.29 is 9.59 Å². The molecule has 1 aliphatic rings. The van der Waals surface area contributed by atoms with Gasteiger partial charge >= 0.3 is 0 Å². The van der Waals surface area contributed by atoms with Crippen LogP contribution in [0, 0.1) is 18.8 Å². The third kappa shape index (κ3) is 4.80. The summed E-state index contributed by atoms with van der Waals surface area (Å²) in [5.41, 5.74) is 0. The summed E-state index contributed by atoms with van der Waals surface area (Å²) in [5, 5.41) is 3.38. The van der Waals surface area contributed by atoms with Gasteiger partial charge in [-0.05, 0) is 32.1 Å². The van der Waals surface area contributed by atoms with Crippen molar-refractivity contribution >= 4 is 28.3 Å². The lowest BCUT2D eigenvalue weighted by molar-refractivity contribution is -0.140. The lowest BCUT2D eigenvalue weighted by Crippen LogP contribution is -2.43. The van der Waals surface area contributed by atoms with Crippen molar-refractivity contribution in [1.29, 1.82) is 0 Å². The summed E-state index contributed by atoms with van der Waals surface area (Å²) >= 11 is 1.45. The molecule has 6 heteroatoms. The maximum atomic E-state index is 12.5. The van der Waals surface area contributed by atoms with E-state index >= 15 is 0 Å². The van der Waals surface area contributed by atoms with Crippen molar-refractivity contribution in [3.8, 4) is 0 Å². The van der Waals surface area contributed by atoms with E-state index in [2.05, 4.69) is 24.1 Å². The van der Waals surface area contributed by atoms with Gasteiger partial charge in [0.15, 0.2) is 5.13 Å². The molecular weight excluding hydrogens is 298 g/mol. The third-order valence-electron chi connectivity index (χ3n) is 3.94. The topological polar surface area (TPSA) is 62.3 Å². The Bertz CT molecular complexity index is 523. The highest BCUT2D eigenvalue weighted by atomic mass is 32.1. The molecular formula is C16H25N3O2S. The molecule has 0 radical (unpaired) electrons. The molecule has 22 heavy (non-hydrogen) atoms. The van der Waals surface area contributed by atoms with E-state index in [0.717, 1.165) is 30.6 Å². The summed E-state index contributed by atoms with van der Waals surface area (Å²) in [6.45, 7) is 6.98. The second kappa shape index (κ2) is 7.72. The van der Waals surface area contributed by atoms with Gasteiger partial charge in [0, 0.05) is 23.5 Å². The van der Waals surface area contributed by atoms with Crippen LogP contribution in [0.3, 0.4) is 0 Å². The Kier molecular flexibility index (Phi) is 5.94. The molecule has 0 unspecified atom stereocenters. The van der Waals surface area contributed by atoms with Crippen molar-refractivity contribution in [2.45, 2.75) is 46.5 Å². The summed E-state index contributed by atoms with van der Waals surface area (Å²) in [6, 6.07) is 0. The van der Waals surface area contributed by atoms with E-state index in [4.69, 9.17) is 0 Å². The molecule has 122 valence electrons. The van der Waals surface area contributed by atoms with Gasteiger partial charge in [-0.25, -0.2) is 4.98 Å². The number of thiazole rings is 1. The number of hydrogen-bond donors (Lipinski definition) is 1. The Balaban J connectivity index is 1.91. The number of aromatic nitrogens is 1. The lowest BCUT2D eigenvalue weighted by Gasteiger charge is -2.31. The van der Waals surface area contributed by atoms with Gasteiger partial charge in [-0.2, -0.15) is 0 Å². The Labute approximate surface area is 136 Å². The first-order valence-electron chi connectivity index (χ1n) is 7.96. The third-order valence-corrected chi connectivity index (χ3v) is 4.77. The van der Waals surface area contributed by atoms with Crippen molar-refractivity contribution in [3.63, 3.8) is 0 Å². The van der Waals surface area contributed by atoms with Crippen LogP contribution in [-0.4, -0.2) is 34.8 Å². The van der Waals surface area contributed by atoms with E-state index < -0.39 is 0 Å². The highest BCUT2D eigenvalue weighted by molar-refractivity contribution is 7.15. The van der Waals surface area contributed by atoms with Crippen molar-refractivity contribution in [2.75, 3.05) is 18.4 Å². The average Bonchev–Trinajstić information content (AvgIpc) is 2.77. The molecule has 2 rings (SSSR count). The van der Waals surface area contributed by atoms with Crippen molar-refractivity contribution in [1.82, 2.24) is 9.88 Å². The molecule has 1 fully saturated rings. The van der Waals surface area contributed by atoms with Crippen LogP contribution < -0.4 is 5.32 Å². The number of anilines is 1. The minimum atomic E-state index is -0.161. The van der Waals surface area contributed by atoms with Gasteiger partial charge in [-0.3, -0.25) is 9.59 Å². The average molecular weight is 323 g/mol. The Morgan fingerprint density at radius 3 is 2.68 bits per heavy atom. The molecule has 0 aromatic carbocycles. The van der Waals surface area contributed by atoms with Crippen molar-refractivity contribution in [3.05, 3.63) is 11.1 Å². The molecule has 0 saturated heterocycles. The molecule has 1 aromatic heterocycles. The van der Waals surface area contributed by atoms with E-state index in [1.807, 2.05) is 6.92 Å². The molecule has 1 N–H and O–H groups in total. The number of nitrogens with one attached hydrogen (secondary N) is 1. The van der Waals surface area contributed by atoms with Gasteiger partial charge in [0.1, 0.15) is 0 Å². The van der Waals surface area contributed by atoms with Crippen molar-refractivity contribution in [2.24, 2.45) is 11.8 Å². The zero-order chi connectivity index (χ0) is 16.1. The van der Waals surface area contributed by atoms with Crippen LogP contribution in [0.4, 0.5) is 5.13 Å². The highest BCUT2D eigenvalue weighted by Gasteiger charge is 2.30. The first kappa shape index (κ1) is 16.9. The fourth-order valence-electron chi connectivity index (χ4n) is 2.34.